The van der Waals surface area contributed by atoms with Crippen molar-refractivity contribution in [1.82, 2.24) is 13.7 Å². The molecule has 3 nitrogen and oxygen atoms in total. The summed E-state index contributed by atoms with van der Waals surface area (Å²) >= 11 is 1.88. The lowest BCUT2D eigenvalue weighted by Crippen LogP contribution is -2.06. The van der Waals surface area contributed by atoms with Gasteiger partial charge in [0.2, 0.25) is 0 Å². The van der Waals surface area contributed by atoms with Crippen molar-refractivity contribution in [3.63, 3.8) is 0 Å². The van der Waals surface area contributed by atoms with Crippen molar-refractivity contribution >= 4 is 88.0 Å². The maximum atomic E-state index is 2.52. The third-order valence-electron chi connectivity index (χ3n) is 10.7. The van der Waals surface area contributed by atoms with Gasteiger partial charge in [0.05, 0.1) is 27.8 Å². The van der Waals surface area contributed by atoms with Crippen LogP contribution in [0.3, 0.4) is 0 Å². The molecular weight excluding hydrogens is 627 g/mol. The predicted molar refractivity (Wildman–Crippen MR) is 211 cm³/mol. The zero-order chi connectivity index (χ0) is 32.5. The van der Waals surface area contributed by atoms with Crippen molar-refractivity contribution < 1.29 is 0 Å². The molecule has 0 fully saturated rings. The normalized spacial score (nSPS) is 12.7. The Bertz CT molecular complexity index is 3140. The SMILES string of the molecule is c1ccc(-n2c3ccccc3c3c4cccc5c4n(c32)-c2ccc(-n3c4cc6ccccc6cc4c4cc6ccccc6cc43)cc2S5)cc1. The molecule has 1 aliphatic rings. The number of rotatable bonds is 2. The molecule has 3 aromatic heterocycles. The van der Waals surface area contributed by atoms with E-state index >= 15 is 0 Å². The van der Waals surface area contributed by atoms with E-state index < -0.39 is 0 Å². The molecule has 0 bridgehead atoms. The minimum absolute atomic E-state index is 1.17. The number of hydrogen-bond donors (Lipinski definition) is 0. The summed E-state index contributed by atoms with van der Waals surface area (Å²) in [5.41, 5.74) is 9.73. The molecule has 0 spiro atoms. The van der Waals surface area contributed by atoms with Crippen LogP contribution in [0.15, 0.2) is 174 Å². The Morgan fingerprint density at radius 2 is 0.980 bits per heavy atom. The van der Waals surface area contributed by atoms with Gasteiger partial charge in [-0.05, 0) is 88.3 Å². The topological polar surface area (TPSA) is 14.8 Å². The molecule has 8 aromatic carbocycles. The van der Waals surface area contributed by atoms with Crippen LogP contribution < -0.4 is 0 Å². The van der Waals surface area contributed by atoms with Crippen LogP contribution in [0.4, 0.5) is 0 Å². The van der Waals surface area contributed by atoms with Crippen molar-refractivity contribution in [2.75, 3.05) is 0 Å². The summed E-state index contributed by atoms with van der Waals surface area (Å²) in [5.74, 6) is 0. The van der Waals surface area contributed by atoms with Crippen LogP contribution in [0.2, 0.25) is 0 Å². The Hall–Kier alpha value is -6.23. The number of hydrogen-bond acceptors (Lipinski definition) is 1. The molecule has 232 valence electrons. The Morgan fingerprint density at radius 1 is 0.360 bits per heavy atom. The number of aromatic nitrogens is 3. The van der Waals surface area contributed by atoms with E-state index in [0.717, 1.165) is 0 Å². The van der Waals surface area contributed by atoms with Gasteiger partial charge < -0.3 is 4.57 Å². The smallest absolute Gasteiger partial charge is 0.131 e. The molecule has 0 aliphatic carbocycles. The first-order valence-electron chi connectivity index (χ1n) is 17.1. The molecule has 0 radical (unpaired) electrons. The van der Waals surface area contributed by atoms with E-state index in [9.17, 15) is 0 Å². The molecular formula is C46H27N3S. The molecule has 0 unspecified atom stereocenters. The van der Waals surface area contributed by atoms with Crippen LogP contribution in [0.1, 0.15) is 0 Å². The molecule has 0 amide bonds. The number of para-hydroxylation sites is 3. The molecule has 1 aliphatic heterocycles. The number of fused-ring (bicyclic) bond motifs is 12. The summed E-state index contributed by atoms with van der Waals surface area (Å²) in [6.07, 6.45) is 0. The predicted octanol–water partition coefficient (Wildman–Crippen LogP) is 12.6. The Balaban J connectivity index is 1.18. The fraction of sp³-hybridized carbons (Fsp3) is 0. The average molecular weight is 654 g/mol. The van der Waals surface area contributed by atoms with E-state index in [1.807, 2.05) is 11.8 Å². The van der Waals surface area contributed by atoms with E-state index in [1.165, 1.54) is 103 Å². The maximum Gasteiger partial charge on any atom is 0.131 e. The first kappa shape index (κ1) is 26.7. The van der Waals surface area contributed by atoms with Crippen LogP contribution in [0, 0.1) is 0 Å². The van der Waals surface area contributed by atoms with Crippen LogP contribution in [-0.2, 0) is 0 Å². The molecule has 12 rings (SSSR count). The molecule has 50 heavy (non-hydrogen) atoms. The second kappa shape index (κ2) is 9.69. The van der Waals surface area contributed by atoms with Crippen molar-refractivity contribution in [2.45, 2.75) is 9.79 Å². The van der Waals surface area contributed by atoms with E-state index in [0.29, 0.717) is 0 Å². The van der Waals surface area contributed by atoms with Gasteiger partial charge in [0.15, 0.2) is 0 Å². The van der Waals surface area contributed by atoms with E-state index in [-0.39, 0.29) is 0 Å². The summed E-state index contributed by atoms with van der Waals surface area (Å²) in [7, 11) is 0. The molecule has 0 saturated carbocycles. The molecule has 4 heterocycles. The van der Waals surface area contributed by atoms with Crippen LogP contribution >= 0.6 is 11.8 Å². The Morgan fingerprint density at radius 3 is 1.70 bits per heavy atom. The summed E-state index contributed by atoms with van der Waals surface area (Å²) in [5, 5.41) is 11.5. The maximum absolute atomic E-state index is 2.52. The molecule has 11 aromatic rings. The van der Waals surface area contributed by atoms with E-state index in [1.54, 1.807) is 0 Å². The minimum Gasteiger partial charge on any atom is -0.309 e. The quantitative estimate of drug-likeness (QED) is 0.181. The Kier molecular flexibility index (Phi) is 5.17. The molecule has 0 saturated heterocycles. The van der Waals surface area contributed by atoms with Crippen LogP contribution in [0.25, 0.3) is 93.3 Å². The second-order valence-electron chi connectivity index (χ2n) is 13.4. The number of benzene rings is 8. The number of nitrogens with zero attached hydrogens (tertiary/aromatic N) is 3. The van der Waals surface area contributed by atoms with Gasteiger partial charge in [0.25, 0.3) is 0 Å². The fourth-order valence-electron chi connectivity index (χ4n) is 8.61. The fourth-order valence-corrected chi connectivity index (χ4v) is 9.74. The van der Waals surface area contributed by atoms with Crippen LogP contribution in [0.5, 0.6) is 0 Å². The van der Waals surface area contributed by atoms with Crippen molar-refractivity contribution in [2.24, 2.45) is 0 Å². The zero-order valence-electron chi connectivity index (χ0n) is 26.8. The lowest BCUT2D eigenvalue weighted by atomic mass is 10.0. The first-order valence-corrected chi connectivity index (χ1v) is 17.9. The van der Waals surface area contributed by atoms with Gasteiger partial charge in [-0.1, -0.05) is 109 Å². The Labute approximate surface area is 291 Å². The monoisotopic (exact) mass is 653 g/mol. The van der Waals surface area contributed by atoms with Gasteiger partial charge in [-0.15, -0.1) is 0 Å². The summed E-state index contributed by atoms with van der Waals surface area (Å²) in [4.78, 5) is 2.53. The van der Waals surface area contributed by atoms with Crippen molar-refractivity contribution in [1.29, 1.82) is 0 Å². The van der Waals surface area contributed by atoms with Gasteiger partial charge in [0, 0.05) is 48.1 Å². The highest BCUT2D eigenvalue weighted by molar-refractivity contribution is 7.99. The highest BCUT2D eigenvalue weighted by Gasteiger charge is 2.28. The van der Waals surface area contributed by atoms with Crippen molar-refractivity contribution in [3.8, 4) is 17.1 Å². The highest BCUT2D eigenvalue weighted by atomic mass is 32.2. The van der Waals surface area contributed by atoms with Gasteiger partial charge in [-0.2, -0.15) is 0 Å². The highest BCUT2D eigenvalue weighted by Crippen LogP contribution is 2.50. The van der Waals surface area contributed by atoms with Gasteiger partial charge in [-0.3, -0.25) is 9.13 Å². The molecule has 0 atom stereocenters. The third-order valence-corrected chi connectivity index (χ3v) is 11.8. The molecule has 0 N–H and O–H groups in total. The van der Waals surface area contributed by atoms with Crippen molar-refractivity contribution in [3.05, 3.63) is 164 Å². The van der Waals surface area contributed by atoms with Gasteiger partial charge in [0.1, 0.15) is 5.65 Å². The average Bonchev–Trinajstić information content (AvgIpc) is 3.79. The van der Waals surface area contributed by atoms with E-state index in [4.69, 9.17) is 0 Å². The molecule has 4 heteroatoms. The summed E-state index contributed by atoms with van der Waals surface area (Å²) in [6, 6.07) is 60.4. The zero-order valence-corrected chi connectivity index (χ0v) is 27.7. The standard InChI is InChI=1S/C46H27N3S/c1-2-15-32(16-3-1)48-38-19-9-8-17-34(38)44-35-18-10-20-42-45(35)49(46(44)48)39-22-21-33(27-43(39)50-42)47-40-25-30-13-6-4-11-28(30)23-36(40)37-24-29-12-5-7-14-31(29)26-41(37)47/h1-27H. The summed E-state index contributed by atoms with van der Waals surface area (Å²) < 4.78 is 7.45. The van der Waals surface area contributed by atoms with Gasteiger partial charge in [-0.25, -0.2) is 0 Å². The lowest BCUT2D eigenvalue weighted by molar-refractivity contribution is 1.02. The van der Waals surface area contributed by atoms with Crippen LogP contribution in [-0.4, -0.2) is 13.7 Å². The first-order chi connectivity index (χ1) is 24.8. The second-order valence-corrected chi connectivity index (χ2v) is 14.5. The lowest BCUT2D eigenvalue weighted by Gasteiger charge is -2.22. The van der Waals surface area contributed by atoms with Gasteiger partial charge >= 0.3 is 0 Å². The third kappa shape index (κ3) is 3.45. The minimum atomic E-state index is 1.17. The largest absolute Gasteiger partial charge is 0.309 e. The summed E-state index contributed by atoms with van der Waals surface area (Å²) in [6.45, 7) is 0. The van der Waals surface area contributed by atoms with E-state index in [2.05, 4.69) is 177 Å².